The highest BCUT2D eigenvalue weighted by Gasteiger charge is 1.85. The lowest BCUT2D eigenvalue weighted by Crippen LogP contribution is -2.12. The number of rotatable bonds is 0. The lowest BCUT2D eigenvalue weighted by atomic mass is 10.3. The molecule has 7 heavy (non-hydrogen) atoms. The third kappa shape index (κ3) is 1.07. The third-order valence-corrected chi connectivity index (χ3v) is 0.901. The summed E-state index contributed by atoms with van der Waals surface area (Å²) in [4.78, 5) is 0. The van der Waals surface area contributed by atoms with Crippen molar-refractivity contribution in [3.8, 4) is 0 Å². The van der Waals surface area contributed by atoms with Gasteiger partial charge in [0.1, 0.15) is 0 Å². The summed E-state index contributed by atoms with van der Waals surface area (Å²) in [5, 5.41) is 3.08. The molecule has 1 heteroatoms. The molecule has 0 spiro atoms. The van der Waals surface area contributed by atoms with Gasteiger partial charge in [-0.05, 0) is 13.0 Å². The van der Waals surface area contributed by atoms with Crippen LogP contribution in [-0.2, 0) is 0 Å². The van der Waals surface area contributed by atoms with Gasteiger partial charge in [-0.15, -0.1) is 0 Å². The van der Waals surface area contributed by atoms with Crippen molar-refractivity contribution in [2.45, 2.75) is 6.92 Å². The zero-order chi connectivity index (χ0) is 5.98. The van der Waals surface area contributed by atoms with Crippen molar-refractivity contribution >= 4 is 0 Å². The molecule has 1 nitrogen and oxygen atoms in total. The summed E-state index contributed by atoms with van der Waals surface area (Å²) in [6.07, 6.45) is 3.65. The van der Waals surface area contributed by atoms with Gasteiger partial charge in [0.2, 0.25) is 0 Å². The molecule has 0 aromatic heterocycles. The first-order valence-electron chi connectivity index (χ1n) is 2.88. The zero-order valence-electron chi connectivity index (χ0n) is 5.36. The maximum atomic E-state index is 7.15. The molecule has 0 aromatic carbocycles. The Bertz CT molecular complexity index is 147. The molecule has 1 aliphatic heterocycles. The summed E-state index contributed by atoms with van der Waals surface area (Å²) in [6, 6.07) is 0.612. The van der Waals surface area contributed by atoms with Crippen LogP contribution < -0.4 is 5.32 Å². The fraction of sp³-hybridized carbons (Fsp3) is 0.333. The van der Waals surface area contributed by atoms with E-state index in [2.05, 4.69) is 5.32 Å². The zero-order valence-corrected chi connectivity index (χ0v) is 4.36. The molecule has 1 aliphatic rings. The fourth-order valence-electron chi connectivity index (χ4n) is 0.506. The van der Waals surface area contributed by atoms with Crippen LogP contribution in [0.4, 0.5) is 0 Å². The van der Waals surface area contributed by atoms with Crippen molar-refractivity contribution in [1.82, 2.24) is 5.32 Å². The Hall–Kier alpha value is -0.720. The maximum absolute atomic E-state index is 7.15. The summed E-state index contributed by atoms with van der Waals surface area (Å²) in [5.74, 6) is 0. The monoisotopic (exact) mass is 96.1 g/mol. The van der Waals surface area contributed by atoms with Crippen molar-refractivity contribution in [2.24, 2.45) is 0 Å². The predicted molar refractivity (Wildman–Crippen MR) is 30.9 cm³/mol. The van der Waals surface area contributed by atoms with Crippen molar-refractivity contribution < 1.29 is 1.37 Å². The highest BCUT2D eigenvalue weighted by molar-refractivity contribution is 5.14. The molecule has 0 aromatic rings. The minimum atomic E-state index is 0.612. The van der Waals surface area contributed by atoms with E-state index in [9.17, 15) is 0 Å². The van der Waals surface area contributed by atoms with E-state index in [0.717, 1.165) is 12.2 Å². The van der Waals surface area contributed by atoms with Crippen molar-refractivity contribution in [2.75, 3.05) is 6.54 Å². The van der Waals surface area contributed by atoms with E-state index in [-0.39, 0.29) is 0 Å². The lowest BCUT2D eigenvalue weighted by molar-refractivity contribution is 0.891. The van der Waals surface area contributed by atoms with Crippen molar-refractivity contribution in [3.05, 3.63) is 23.9 Å². The second-order valence-electron chi connectivity index (χ2n) is 1.58. The van der Waals surface area contributed by atoms with Crippen LogP contribution in [0.2, 0.25) is 0 Å². The summed E-state index contributed by atoms with van der Waals surface area (Å²) >= 11 is 0. The minimum Gasteiger partial charge on any atom is -0.385 e. The number of allylic oxidation sites excluding steroid dienone is 3. The number of hydrogen-bond donors (Lipinski definition) is 1. The van der Waals surface area contributed by atoms with Gasteiger partial charge in [-0.2, -0.15) is 0 Å². The normalized spacial score (nSPS) is 21.6. The Balaban J connectivity index is 2.69. The van der Waals surface area contributed by atoms with E-state index in [0.29, 0.717) is 6.05 Å². The second-order valence-corrected chi connectivity index (χ2v) is 1.58. The van der Waals surface area contributed by atoms with Gasteiger partial charge < -0.3 is 5.32 Å². The van der Waals surface area contributed by atoms with Gasteiger partial charge in [-0.1, -0.05) is 12.1 Å². The molecule has 1 heterocycles. The highest BCUT2D eigenvalue weighted by Crippen LogP contribution is 1.91. The van der Waals surface area contributed by atoms with Crippen LogP contribution in [0.3, 0.4) is 0 Å². The Morgan fingerprint density at radius 2 is 2.86 bits per heavy atom. The summed E-state index contributed by atoms with van der Waals surface area (Å²) < 4.78 is 7.15. The van der Waals surface area contributed by atoms with Crippen LogP contribution >= 0.6 is 0 Å². The number of hydrogen-bond acceptors (Lipinski definition) is 1. The first kappa shape index (κ1) is 3.30. The molecule has 0 aliphatic carbocycles. The Morgan fingerprint density at radius 1 is 2.00 bits per heavy atom. The lowest BCUT2D eigenvalue weighted by Gasteiger charge is -2.04. The van der Waals surface area contributed by atoms with E-state index in [1.807, 2.05) is 19.1 Å². The highest BCUT2D eigenvalue weighted by atomic mass is 14.9. The molecule has 0 saturated carbocycles. The van der Waals surface area contributed by atoms with Crippen molar-refractivity contribution in [1.29, 1.82) is 0 Å². The van der Waals surface area contributed by atoms with E-state index in [4.69, 9.17) is 1.37 Å². The van der Waals surface area contributed by atoms with E-state index >= 15 is 0 Å². The standard InChI is InChI=1S/C6H9N/c1-6-4-2-3-5-7-6/h2-4,7H,5H2,1H3/i2D. The van der Waals surface area contributed by atoms with Gasteiger partial charge in [0.25, 0.3) is 0 Å². The van der Waals surface area contributed by atoms with E-state index < -0.39 is 0 Å². The first-order chi connectivity index (χ1) is 3.79. The minimum absolute atomic E-state index is 0.612. The van der Waals surface area contributed by atoms with Gasteiger partial charge >= 0.3 is 0 Å². The van der Waals surface area contributed by atoms with Crippen LogP contribution in [0.25, 0.3) is 0 Å². The molecule has 0 radical (unpaired) electrons. The number of dihydropyridines is 1. The molecule has 0 unspecified atom stereocenters. The molecule has 38 valence electrons. The number of nitrogens with one attached hydrogen (secondary N) is 1. The van der Waals surface area contributed by atoms with E-state index in [1.165, 1.54) is 0 Å². The summed E-state index contributed by atoms with van der Waals surface area (Å²) in [5.41, 5.74) is 1.08. The van der Waals surface area contributed by atoms with Gasteiger partial charge in [0.15, 0.2) is 0 Å². The average Bonchev–Trinajstić information content (AvgIpc) is 1.64. The molecular weight excluding hydrogens is 86.1 g/mol. The molecule has 1 rings (SSSR count). The molecule has 1 N–H and O–H groups in total. The van der Waals surface area contributed by atoms with Crippen LogP contribution in [0, 0.1) is 0 Å². The largest absolute Gasteiger partial charge is 0.385 e. The molecule has 0 bridgehead atoms. The van der Waals surface area contributed by atoms with Crippen LogP contribution in [0.15, 0.2) is 23.9 Å². The Labute approximate surface area is 45.1 Å². The maximum Gasteiger partial charge on any atom is 0.0621 e. The molecule has 0 fully saturated rings. The molecular formula is C6H9N. The van der Waals surface area contributed by atoms with Crippen LogP contribution in [0.1, 0.15) is 8.29 Å². The first-order valence-corrected chi connectivity index (χ1v) is 2.38. The van der Waals surface area contributed by atoms with Crippen molar-refractivity contribution in [3.63, 3.8) is 0 Å². The average molecular weight is 96.2 g/mol. The quantitative estimate of drug-likeness (QED) is 0.475. The van der Waals surface area contributed by atoms with Gasteiger partial charge in [0, 0.05) is 12.2 Å². The fourth-order valence-corrected chi connectivity index (χ4v) is 0.506. The third-order valence-electron chi connectivity index (χ3n) is 0.901. The van der Waals surface area contributed by atoms with Crippen LogP contribution in [0.5, 0.6) is 0 Å². The SMILES string of the molecule is [2H]C1=CCNC(C)=C1. The topological polar surface area (TPSA) is 12.0 Å². The predicted octanol–water partition coefficient (Wildman–Crippen LogP) is 1.05. The molecule has 0 amide bonds. The Morgan fingerprint density at radius 3 is 3.29 bits per heavy atom. The van der Waals surface area contributed by atoms with Gasteiger partial charge in [-0.3, -0.25) is 0 Å². The second kappa shape index (κ2) is 1.82. The van der Waals surface area contributed by atoms with E-state index in [1.54, 1.807) is 0 Å². The van der Waals surface area contributed by atoms with Gasteiger partial charge in [-0.25, -0.2) is 0 Å². The summed E-state index contributed by atoms with van der Waals surface area (Å²) in [6.45, 7) is 2.77. The Kier molecular flexibility index (Phi) is 0.861. The molecule has 0 saturated heterocycles. The summed E-state index contributed by atoms with van der Waals surface area (Å²) in [7, 11) is 0. The van der Waals surface area contributed by atoms with Crippen LogP contribution in [-0.4, -0.2) is 6.54 Å². The van der Waals surface area contributed by atoms with Gasteiger partial charge in [0.05, 0.1) is 1.37 Å². The smallest absolute Gasteiger partial charge is 0.0621 e. The molecule has 0 atom stereocenters.